The predicted molar refractivity (Wildman–Crippen MR) is 92.7 cm³/mol. The summed E-state index contributed by atoms with van der Waals surface area (Å²) in [5.74, 6) is -1.03. The van der Waals surface area contributed by atoms with E-state index >= 15 is 0 Å². The highest BCUT2D eigenvalue weighted by molar-refractivity contribution is 7.99. The van der Waals surface area contributed by atoms with E-state index in [1.54, 1.807) is 0 Å². The molecule has 2 amide bonds. The number of amides is 2. The zero-order chi connectivity index (χ0) is 17.7. The molecule has 1 aliphatic rings. The van der Waals surface area contributed by atoms with Crippen LogP contribution in [0.5, 0.6) is 0 Å². The van der Waals surface area contributed by atoms with Gasteiger partial charge in [-0.05, 0) is 18.9 Å². The molecule has 0 aliphatic carbocycles. The monoisotopic (exact) mass is 350 g/mol. The molecule has 0 saturated carbocycles. The van der Waals surface area contributed by atoms with E-state index in [0.29, 0.717) is 18.1 Å². The molecule has 0 radical (unpaired) electrons. The van der Waals surface area contributed by atoms with Gasteiger partial charge in [0.1, 0.15) is 6.04 Å². The van der Waals surface area contributed by atoms with Crippen molar-refractivity contribution in [3.05, 3.63) is 35.4 Å². The zero-order valence-electron chi connectivity index (χ0n) is 13.8. The summed E-state index contributed by atoms with van der Waals surface area (Å²) >= 11 is 1.52. The SMILES string of the molecule is CC(=O)N1CSCC1C(=O)NCC(Cc1cccc(C)c1)C(=O)O. The fourth-order valence-corrected chi connectivity index (χ4v) is 3.90. The number of carbonyl (C=O) groups is 3. The fraction of sp³-hybridized carbons (Fsp3) is 0.471. The van der Waals surface area contributed by atoms with Gasteiger partial charge in [-0.3, -0.25) is 14.4 Å². The summed E-state index contributed by atoms with van der Waals surface area (Å²) < 4.78 is 0. The fourth-order valence-electron chi connectivity index (χ4n) is 2.68. The Bertz CT molecular complexity index is 635. The first kappa shape index (κ1) is 18.3. The Labute approximate surface area is 145 Å². The molecule has 0 aromatic heterocycles. The van der Waals surface area contributed by atoms with Gasteiger partial charge in [-0.25, -0.2) is 0 Å². The number of carboxylic acid groups (broad SMARTS) is 1. The summed E-state index contributed by atoms with van der Waals surface area (Å²) in [6.45, 7) is 3.44. The minimum absolute atomic E-state index is 0.0506. The van der Waals surface area contributed by atoms with Crippen LogP contribution in [0.4, 0.5) is 0 Å². The first-order valence-corrected chi connectivity index (χ1v) is 8.95. The van der Waals surface area contributed by atoms with Crippen LogP contribution in [-0.4, -0.2) is 52.0 Å². The Morgan fingerprint density at radius 1 is 1.42 bits per heavy atom. The molecule has 7 heteroatoms. The molecule has 1 aromatic rings. The number of hydrogen-bond acceptors (Lipinski definition) is 4. The average molecular weight is 350 g/mol. The zero-order valence-corrected chi connectivity index (χ0v) is 14.6. The van der Waals surface area contributed by atoms with Gasteiger partial charge in [0.05, 0.1) is 11.8 Å². The van der Waals surface area contributed by atoms with Crippen molar-refractivity contribution in [3.8, 4) is 0 Å². The van der Waals surface area contributed by atoms with Gasteiger partial charge in [0, 0.05) is 19.2 Å². The molecular weight excluding hydrogens is 328 g/mol. The lowest BCUT2D eigenvalue weighted by Crippen LogP contribution is -2.48. The van der Waals surface area contributed by atoms with Crippen LogP contribution in [0.2, 0.25) is 0 Å². The van der Waals surface area contributed by atoms with E-state index in [2.05, 4.69) is 5.32 Å². The molecule has 130 valence electrons. The predicted octanol–water partition coefficient (Wildman–Crippen LogP) is 1.28. The van der Waals surface area contributed by atoms with Crippen LogP contribution in [-0.2, 0) is 20.8 Å². The van der Waals surface area contributed by atoms with Crippen LogP contribution in [0.25, 0.3) is 0 Å². The minimum atomic E-state index is -0.943. The third-order valence-electron chi connectivity index (χ3n) is 4.03. The second-order valence-corrected chi connectivity index (χ2v) is 6.98. The molecule has 0 spiro atoms. The van der Waals surface area contributed by atoms with E-state index < -0.39 is 17.9 Å². The molecule has 6 nitrogen and oxygen atoms in total. The normalized spacial score (nSPS) is 18.2. The maximum Gasteiger partial charge on any atom is 0.308 e. The van der Waals surface area contributed by atoms with Gasteiger partial charge in [-0.2, -0.15) is 0 Å². The van der Waals surface area contributed by atoms with E-state index in [9.17, 15) is 19.5 Å². The molecule has 1 saturated heterocycles. The van der Waals surface area contributed by atoms with Crippen LogP contribution in [0.1, 0.15) is 18.1 Å². The number of hydrogen-bond donors (Lipinski definition) is 2. The molecule has 1 aliphatic heterocycles. The summed E-state index contributed by atoms with van der Waals surface area (Å²) in [7, 11) is 0. The lowest BCUT2D eigenvalue weighted by atomic mass is 9.98. The van der Waals surface area contributed by atoms with E-state index in [1.807, 2.05) is 31.2 Å². The summed E-state index contributed by atoms with van der Waals surface area (Å²) in [4.78, 5) is 36.8. The highest BCUT2D eigenvalue weighted by Gasteiger charge is 2.33. The topological polar surface area (TPSA) is 86.7 Å². The largest absolute Gasteiger partial charge is 0.481 e. The van der Waals surface area contributed by atoms with Crippen LogP contribution < -0.4 is 5.32 Å². The first-order chi connectivity index (χ1) is 11.4. The molecule has 2 unspecified atom stereocenters. The summed E-state index contributed by atoms with van der Waals surface area (Å²) in [6.07, 6.45) is 0.354. The Hall–Kier alpha value is -2.02. The number of carboxylic acids is 1. The number of rotatable bonds is 6. The van der Waals surface area contributed by atoms with Crippen LogP contribution in [0.15, 0.2) is 24.3 Å². The lowest BCUT2D eigenvalue weighted by molar-refractivity contribution is -0.142. The van der Waals surface area contributed by atoms with Crippen molar-refractivity contribution in [1.29, 1.82) is 0 Å². The molecule has 2 N–H and O–H groups in total. The smallest absolute Gasteiger partial charge is 0.308 e. The highest BCUT2D eigenvalue weighted by Crippen LogP contribution is 2.21. The standard InChI is InChI=1S/C17H22N2O4S/c1-11-4-3-5-13(6-11)7-14(17(22)23)8-18-16(21)15-9-24-10-19(15)12(2)20/h3-6,14-15H,7-10H2,1-2H3,(H,18,21)(H,22,23). The summed E-state index contributed by atoms with van der Waals surface area (Å²) in [5.41, 5.74) is 2.00. The minimum Gasteiger partial charge on any atom is -0.481 e. The molecule has 24 heavy (non-hydrogen) atoms. The number of carbonyl (C=O) groups excluding carboxylic acids is 2. The van der Waals surface area contributed by atoms with Crippen LogP contribution >= 0.6 is 11.8 Å². The molecule has 2 atom stereocenters. The van der Waals surface area contributed by atoms with Gasteiger partial charge >= 0.3 is 5.97 Å². The van der Waals surface area contributed by atoms with Crippen molar-refractivity contribution in [2.24, 2.45) is 5.92 Å². The number of aryl methyl sites for hydroxylation is 1. The van der Waals surface area contributed by atoms with Crippen molar-refractivity contribution < 1.29 is 19.5 Å². The maximum absolute atomic E-state index is 12.3. The highest BCUT2D eigenvalue weighted by atomic mass is 32.2. The van der Waals surface area contributed by atoms with Crippen molar-refractivity contribution in [3.63, 3.8) is 0 Å². The van der Waals surface area contributed by atoms with Gasteiger partial charge in [0.2, 0.25) is 11.8 Å². The van der Waals surface area contributed by atoms with E-state index in [4.69, 9.17) is 0 Å². The van der Waals surface area contributed by atoms with E-state index in [0.717, 1.165) is 11.1 Å². The van der Waals surface area contributed by atoms with Gasteiger partial charge < -0.3 is 15.3 Å². The van der Waals surface area contributed by atoms with Crippen molar-refractivity contribution in [2.75, 3.05) is 18.2 Å². The van der Waals surface area contributed by atoms with Crippen molar-refractivity contribution in [2.45, 2.75) is 26.3 Å². The summed E-state index contributed by atoms with van der Waals surface area (Å²) in [6, 6.07) is 7.16. The molecule has 1 fully saturated rings. The molecular formula is C17H22N2O4S. The quantitative estimate of drug-likeness (QED) is 0.807. The number of aliphatic carboxylic acids is 1. The molecule has 2 rings (SSSR count). The van der Waals surface area contributed by atoms with Gasteiger partial charge in [-0.1, -0.05) is 29.8 Å². The Balaban J connectivity index is 1.95. The maximum atomic E-state index is 12.3. The Kier molecular flexibility index (Phi) is 6.25. The third kappa shape index (κ3) is 4.74. The van der Waals surface area contributed by atoms with E-state index in [1.165, 1.54) is 23.6 Å². The Morgan fingerprint density at radius 2 is 2.17 bits per heavy atom. The molecule has 1 heterocycles. The second kappa shape index (κ2) is 8.19. The Morgan fingerprint density at radius 3 is 2.79 bits per heavy atom. The number of benzene rings is 1. The first-order valence-electron chi connectivity index (χ1n) is 7.79. The summed E-state index contributed by atoms with van der Waals surface area (Å²) in [5, 5.41) is 12.1. The number of nitrogens with one attached hydrogen (secondary N) is 1. The number of nitrogens with zero attached hydrogens (tertiary/aromatic N) is 1. The molecule has 1 aromatic carbocycles. The van der Waals surface area contributed by atoms with Crippen molar-refractivity contribution in [1.82, 2.24) is 10.2 Å². The lowest BCUT2D eigenvalue weighted by Gasteiger charge is -2.22. The van der Waals surface area contributed by atoms with Gasteiger partial charge in [0.15, 0.2) is 0 Å². The van der Waals surface area contributed by atoms with Gasteiger partial charge in [-0.15, -0.1) is 11.8 Å². The van der Waals surface area contributed by atoms with E-state index in [-0.39, 0.29) is 18.4 Å². The number of thioether (sulfide) groups is 1. The third-order valence-corrected chi connectivity index (χ3v) is 5.04. The molecule has 0 bridgehead atoms. The van der Waals surface area contributed by atoms with Gasteiger partial charge in [0.25, 0.3) is 0 Å². The van der Waals surface area contributed by atoms with Crippen molar-refractivity contribution >= 4 is 29.5 Å². The second-order valence-electron chi connectivity index (χ2n) is 5.98. The van der Waals surface area contributed by atoms with Crippen LogP contribution in [0, 0.1) is 12.8 Å². The van der Waals surface area contributed by atoms with Crippen LogP contribution in [0.3, 0.4) is 0 Å². The average Bonchev–Trinajstić information content (AvgIpc) is 3.00.